The zero-order valence-corrected chi connectivity index (χ0v) is 17.2. The molecule has 0 N–H and O–H groups in total. The average Bonchev–Trinajstić information content (AvgIpc) is 2.71. The highest BCUT2D eigenvalue weighted by Crippen LogP contribution is 2.18. The number of carbonyl (C=O) groups excluding carboxylic acids is 3. The summed E-state index contributed by atoms with van der Waals surface area (Å²) in [4.78, 5) is 32.1. The first kappa shape index (κ1) is 25.1. The molecule has 1 saturated heterocycles. The van der Waals surface area contributed by atoms with Crippen molar-refractivity contribution in [2.75, 3.05) is 13.2 Å². The van der Waals surface area contributed by atoms with E-state index in [9.17, 15) is 14.4 Å². The van der Waals surface area contributed by atoms with Gasteiger partial charge >= 0.3 is 17.9 Å². The molecule has 10 heteroatoms. The van der Waals surface area contributed by atoms with Crippen molar-refractivity contribution in [3.63, 3.8) is 0 Å². The fraction of sp³-hybridized carbons (Fsp3) is 0.650. The van der Waals surface area contributed by atoms with Crippen molar-refractivity contribution < 1.29 is 38.1 Å². The zero-order chi connectivity index (χ0) is 22.5. The normalized spacial score (nSPS) is 27.3. The van der Waals surface area contributed by atoms with Gasteiger partial charge in [-0.3, -0.25) is 14.4 Å². The number of rotatable bonds is 5. The molecule has 0 aromatic heterocycles. The van der Waals surface area contributed by atoms with Gasteiger partial charge in [-0.05, 0) is 31.4 Å². The van der Waals surface area contributed by atoms with Crippen LogP contribution in [0, 0.1) is 22.7 Å². The lowest BCUT2D eigenvalue weighted by molar-refractivity contribution is -0.161. The number of nitrogens with zero attached hydrogens (tertiary/aromatic N) is 2. The van der Waals surface area contributed by atoms with Crippen LogP contribution in [0.4, 0.5) is 0 Å². The molecule has 0 bridgehead atoms. The van der Waals surface area contributed by atoms with Gasteiger partial charge in [0, 0.05) is 20.8 Å². The molecule has 2 rings (SSSR count). The van der Waals surface area contributed by atoms with Crippen LogP contribution in [0.5, 0.6) is 0 Å². The van der Waals surface area contributed by atoms with Crippen LogP contribution in [0.1, 0.15) is 40.0 Å². The van der Waals surface area contributed by atoms with Crippen molar-refractivity contribution in [3.8, 4) is 12.1 Å². The van der Waals surface area contributed by atoms with Crippen LogP contribution in [0.15, 0.2) is 12.2 Å². The number of nitriles is 2. The summed E-state index contributed by atoms with van der Waals surface area (Å²) in [7, 11) is 0. The third-order valence-corrected chi connectivity index (χ3v) is 4.01. The van der Waals surface area contributed by atoms with E-state index in [2.05, 4.69) is 6.07 Å². The number of carbonyl (C=O) groups is 3. The summed E-state index contributed by atoms with van der Waals surface area (Å²) in [6.07, 6.45) is 3.24. The molecule has 0 saturated carbocycles. The lowest BCUT2D eigenvalue weighted by atomic mass is 10.1. The molecule has 0 spiro atoms. The fourth-order valence-electron chi connectivity index (χ4n) is 2.69. The molecule has 2 aliphatic rings. The van der Waals surface area contributed by atoms with Crippen molar-refractivity contribution in [1.29, 1.82) is 10.5 Å². The summed E-state index contributed by atoms with van der Waals surface area (Å²) >= 11 is 0. The maximum atomic E-state index is 10.9. The lowest BCUT2D eigenvalue weighted by Crippen LogP contribution is -2.41. The third-order valence-electron chi connectivity index (χ3n) is 4.01. The summed E-state index contributed by atoms with van der Waals surface area (Å²) in [5.74, 6) is -1.23. The molecular weight excluding hydrogens is 396 g/mol. The molecule has 2 aliphatic heterocycles. The molecular formula is C20H26N2O8. The Morgan fingerprint density at radius 2 is 1.60 bits per heavy atom. The Kier molecular flexibility index (Phi) is 11.1. The molecule has 10 nitrogen and oxygen atoms in total. The molecule has 5 atom stereocenters. The fourth-order valence-corrected chi connectivity index (χ4v) is 2.69. The van der Waals surface area contributed by atoms with Gasteiger partial charge in [0.15, 0.2) is 6.10 Å². The molecule has 0 aliphatic carbocycles. The Hall–Kier alpha value is -2.95. The largest absolute Gasteiger partial charge is 0.463 e. The highest BCUT2D eigenvalue weighted by Gasteiger charge is 2.30. The Morgan fingerprint density at radius 1 is 0.933 bits per heavy atom. The second-order valence-corrected chi connectivity index (χ2v) is 6.60. The maximum Gasteiger partial charge on any atom is 0.303 e. The Balaban J connectivity index is 0.000000311. The van der Waals surface area contributed by atoms with Crippen LogP contribution in [-0.2, 0) is 38.1 Å². The van der Waals surface area contributed by atoms with E-state index in [1.165, 1.54) is 26.8 Å². The van der Waals surface area contributed by atoms with Crippen LogP contribution in [0.3, 0.4) is 0 Å². The summed E-state index contributed by atoms with van der Waals surface area (Å²) in [6, 6.07) is 3.96. The Labute approximate surface area is 175 Å². The summed E-state index contributed by atoms with van der Waals surface area (Å²) in [5.41, 5.74) is 0. The number of ether oxygens (including phenoxy) is 5. The quantitative estimate of drug-likeness (QED) is 0.361. The third kappa shape index (κ3) is 10.0. The summed E-state index contributed by atoms with van der Waals surface area (Å²) < 4.78 is 25.2. The minimum atomic E-state index is -0.720. The van der Waals surface area contributed by atoms with Crippen molar-refractivity contribution >= 4 is 17.9 Å². The van der Waals surface area contributed by atoms with Crippen LogP contribution < -0.4 is 0 Å². The lowest BCUT2D eigenvalue weighted by Gasteiger charge is -2.28. The molecule has 1 fully saturated rings. The average molecular weight is 422 g/mol. The van der Waals surface area contributed by atoms with Crippen LogP contribution in [0.25, 0.3) is 0 Å². The standard InChI is InChI=1S/C11H13NO5.C9H13NO3/c1-7(13)15-6-11-10(16-8(2)14)4-3-9(5-12)17-11;1-7(11)12-6-9-4-2-3-8(5-10)13-9/h3-4,9-11H,6H2,1-2H3;8-9H,2-4,6H2,1H3/t9-,10+,11-;8-,9+/m11/s1. The SMILES string of the molecule is CC(=O)OC[C@@H]1CCC[C@H](C#N)O1.CC(=O)OC[C@H]1O[C@@H](C#N)C=C[C@@H]1OC(C)=O. The molecule has 164 valence electrons. The molecule has 30 heavy (non-hydrogen) atoms. The van der Waals surface area contributed by atoms with E-state index in [1.807, 2.05) is 6.07 Å². The van der Waals surface area contributed by atoms with Gasteiger partial charge in [0.05, 0.1) is 18.2 Å². The van der Waals surface area contributed by atoms with Crippen molar-refractivity contribution in [2.24, 2.45) is 0 Å². The number of hydrogen-bond donors (Lipinski definition) is 0. The maximum absolute atomic E-state index is 10.9. The summed E-state index contributed by atoms with van der Waals surface area (Å²) in [5, 5.41) is 17.3. The Morgan fingerprint density at radius 3 is 2.17 bits per heavy atom. The van der Waals surface area contributed by atoms with Crippen LogP contribution in [-0.4, -0.2) is 61.6 Å². The van der Waals surface area contributed by atoms with Crippen molar-refractivity contribution in [1.82, 2.24) is 0 Å². The number of hydrogen-bond acceptors (Lipinski definition) is 10. The zero-order valence-electron chi connectivity index (χ0n) is 17.2. The van der Waals surface area contributed by atoms with Gasteiger partial charge in [-0.1, -0.05) is 0 Å². The van der Waals surface area contributed by atoms with E-state index in [0.29, 0.717) is 0 Å². The van der Waals surface area contributed by atoms with E-state index in [-0.39, 0.29) is 31.4 Å². The van der Waals surface area contributed by atoms with E-state index in [4.69, 9.17) is 34.2 Å². The van der Waals surface area contributed by atoms with Gasteiger partial charge in [0.25, 0.3) is 0 Å². The molecule has 2 heterocycles. The van der Waals surface area contributed by atoms with E-state index in [0.717, 1.165) is 19.3 Å². The van der Waals surface area contributed by atoms with Gasteiger partial charge in [0.2, 0.25) is 0 Å². The first-order chi connectivity index (χ1) is 14.2. The molecule has 0 radical (unpaired) electrons. The second kappa shape index (κ2) is 13.3. The van der Waals surface area contributed by atoms with Gasteiger partial charge in [-0.25, -0.2) is 0 Å². The molecule has 0 unspecified atom stereocenters. The molecule has 0 amide bonds. The first-order valence-corrected chi connectivity index (χ1v) is 9.47. The highest BCUT2D eigenvalue weighted by molar-refractivity contribution is 5.67. The van der Waals surface area contributed by atoms with Gasteiger partial charge in [0.1, 0.15) is 31.5 Å². The number of esters is 3. The van der Waals surface area contributed by atoms with Crippen molar-refractivity contribution in [3.05, 3.63) is 12.2 Å². The van der Waals surface area contributed by atoms with Gasteiger partial charge < -0.3 is 23.7 Å². The predicted molar refractivity (Wildman–Crippen MR) is 100 cm³/mol. The second-order valence-electron chi connectivity index (χ2n) is 6.60. The summed E-state index contributed by atoms with van der Waals surface area (Å²) in [6.45, 7) is 4.11. The predicted octanol–water partition coefficient (Wildman–Crippen LogP) is 1.34. The topological polar surface area (TPSA) is 145 Å². The van der Waals surface area contributed by atoms with Gasteiger partial charge in [-0.15, -0.1) is 0 Å². The van der Waals surface area contributed by atoms with Crippen LogP contribution >= 0.6 is 0 Å². The van der Waals surface area contributed by atoms with E-state index < -0.39 is 30.3 Å². The van der Waals surface area contributed by atoms with Crippen molar-refractivity contribution in [2.45, 2.75) is 70.6 Å². The smallest absolute Gasteiger partial charge is 0.303 e. The van der Waals surface area contributed by atoms with Gasteiger partial charge in [-0.2, -0.15) is 10.5 Å². The van der Waals surface area contributed by atoms with E-state index in [1.54, 1.807) is 6.08 Å². The van der Waals surface area contributed by atoms with E-state index >= 15 is 0 Å². The molecule has 0 aromatic carbocycles. The molecule has 0 aromatic rings. The highest BCUT2D eigenvalue weighted by atomic mass is 16.6. The Bertz CT molecular complexity index is 709. The monoisotopic (exact) mass is 422 g/mol. The minimum Gasteiger partial charge on any atom is -0.463 e. The minimum absolute atomic E-state index is 0.0597. The van der Waals surface area contributed by atoms with Crippen LogP contribution in [0.2, 0.25) is 0 Å². The first-order valence-electron chi connectivity index (χ1n) is 9.47.